The van der Waals surface area contributed by atoms with Gasteiger partial charge >= 0.3 is 0 Å². The predicted molar refractivity (Wildman–Crippen MR) is 57.9 cm³/mol. The summed E-state index contributed by atoms with van der Waals surface area (Å²) in [6.07, 6.45) is 2.43. The van der Waals surface area contributed by atoms with E-state index in [4.69, 9.17) is 5.73 Å². The molecule has 0 bridgehead atoms. The van der Waals surface area contributed by atoms with Gasteiger partial charge < -0.3 is 5.73 Å². The number of aromatic nitrogens is 2. The third-order valence-electron chi connectivity index (χ3n) is 2.01. The number of allylic oxidation sites excluding steroid dienone is 1. The summed E-state index contributed by atoms with van der Waals surface area (Å²) in [5.74, 6) is 0.489. The lowest BCUT2D eigenvalue weighted by molar-refractivity contribution is 1.11. The van der Waals surface area contributed by atoms with Crippen molar-refractivity contribution in [2.45, 2.75) is 6.42 Å². The summed E-state index contributed by atoms with van der Waals surface area (Å²) in [5.41, 5.74) is 8.25. The van der Waals surface area contributed by atoms with Crippen molar-refractivity contribution in [1.82, 2.24) is 9.97 Å². The van der Waals surface area contributed by atoms with E-state index in [1.54, 1.807) is 6.08 Å². The van der Waals surface area contributed by atoms with Crippen LogP contribution in [0.2, 0.25) is 0 Å². The highest BCUT2D eigenvalue weighted by Crippen LogP contribution is 2.14. The lowest BCUT2D eigenvalue weighted by Gasteiger charge is -2.03. The molecule has 0 atom stereocenters. The minimum absolute atomic E-state index is 0.489. The molecule has 0 saturated carbocycles. The molecular weight excluding hydrogens is 174 g/mol. The molecule has 14 heavy (non-hydrogen) atoms. The number of hydrogen-bond acceptors (Lipinski definition) is 3. The molecule has 0 radical (unpaired) electrons. The summed E-state index contributed by atoms with van der Waals surface area (Å²) in [6, 6.07) is 7.68. The van der Waals surface area contributed by atoms with Crippen molar-refractivity contribution in [3.05, 3.63) is 42.6 Å². The fourth-order valence-electron chi connectivity index (χ4n) is 1.34. The van der Waals surface area contributed by atoms with Crippen molar-refractivity contribution >= 4 is 16.9 Å². The van der Waals surface area contributed by atoms with Gasteiger partial charge in [-0.3, -0.25) is 0 Å². The third-order valence-corrected chi connectivity index (χ3v) is 2.01. The maximum absolute atomic E-state index is 5.75. The zero-order chi connectivity index (χ0) is 9.97. The van der Waals surface area contributed by atoms with E-state index in [9.17, 15) is 0 Å². The zero-order valence-corrected chi connectivity index (χ0v) is 7.77. The molecule has 0 fully saturated rings. The predicted octanol–water partition coefficient (Wildman–Crippen LogP) is 1.94. The summed E-state index contributed by atoms with van der Waals surface area (Å²) in [5, 5.41) is 0. The Kier molecular flexibility index (Phi) is 2.14. The Hall–Kier alpha value is -1.90. The monoisotopic (exact) mass is 185 g/mol. The highest BCUT2D eigenvalue weighted by molar-refractivity contribution is 5.75. The van der Waals surface area contributed by atoms with Crippen LogP contribution in [-0.4, -0.2) is 9.97 Å². The number of benzene rings is 1. The Morgan fingerprint density at radius 1 is 1.21 bits per heavy atom. The summed E-state index contributed by atoms with van der Waals surface area (Å²) in [6.45, 7) is 3.65. The number of nitrogens with zero attached hydrogens (tertiary/aromatic N) is 2. The quantitative estimate of drug-likeness (QED) is 0.727. The minimum Gasteiger partial charge on any atom is -0.382 e. The van der Waals surface area contributed by atoms with Gasteiger partial charge in [-0.1, -0.05) is 18.2 Å². The van der Waals surface area contributed by atoms with Gasteiger partial charge in [0.15, 0.2) is 0 Å². The molecule has 0 amide bonds. The third kappa shape index (κ3) is 1.44. The molecule has 0 aliphatic heterocycles. The number of anilines is 1. The van der Waals surface area contributed by atoms with Gasteiger partial charge in [-0.2, -0.15) is 0 Å². The van der Waals surface area contributed by atoms with Crippen molar-refractivity contribution in [2.75, 3.05) is 5.73 Å². The topological polar surface area (TPSA) is 51.8 Å². The first-order valence-corrected chi connectivity index (χ1v) is 4.43. The molecule has 0 spiro atoms. The van der Waals surface area contributed by atoms with Gasteiger partial charge in [-0.15, -0.1) is 6.58 Å². The van der Waals surface area contributed by atoms with E-state index in [2.05, 4.69) is 16.5 Å². The van der Waals surface area contributed by atoms with Gasteiger partial charge in [0.25, 0.3) is 0 Å². The van der Waals surface area contributed by atoms with Crippen molar-refractivity contribution in [3.63, 3.8) is 0 Å². The van der Waals surface area contributed by atoms with E-state index in [1.165, 1.54) is 0 Å². The van der Waals surface area contributed by atoms with Gasteiger partial charge in [-0.25, -0.2) is 9.97 Å². The molecule has 3 heteroatoms. The lowest BCUT2D eigenvalue weighted by Crippen LogP contribution is -2.00. The van der Waals surface area contributed by atoms with Crippen molar-refractivity contribution in [2.24, 2.45) is 0 Å². The fourth-order valence-corrected chi connectivity index (χ4v) is 1.34. The number of nitrogen functional groups attached to an aromatic ring is 1. The molecular formula is C11H11N3. The smallest absolute Gasteiger partial charge is 0.146 e. The van der Waals surface area contributed by atoms with Crippen LogP contribution in [0.15, 0.2) is 36.9 Å². The van der Waals surface area contributed by atoms with E-state index in [1.807, 2.05) is 24.3 Å². The van der Waals surface area contributed by atoms with E-state index >= 15 is 0 Å². The zero-order valence-electron chi connectivity index (χ0n) is 7.77. The first-order valence-electron chi connectivity index (χ1n) is 4.43. The summed E-state index contributed by atoms with van der Waals surface area (Å²) in [4.78, 5) is 8.67. The highest BCUT2D eigenvalue weighted by atomic mass is 14.9. The molecule has 0 aliphatic rings. The molecule has 2 rings (SSSR count). The average Bonchev–Trinajstić information content (AvgIpc) is 2.19. The second-order valence-corrected chi connectivity index (χ2v) is 3.04. The molecule has 1 aromatic carbocycles. The van der Waals surface area contributed by atoms with E-state index in [0.29, 0.717) is 12.2 Å². The molecule has 70 valence electrons. The molecule has 1 heterocycles. The highest BCUT2D eigenvalue weighted by Gasteiger charge is 2.02. The standard InChI is InChI=1S/C11H11N3/c1-2-5-10-11(12)14-9-7-4-3-6-8(9)13-10/h2-4,6-7H,1,5H2,(H2,12,14). The molecule has 1 aromatic heterocycles. The normalized spacial score (nSPS) is 10.3. The Morgan fingerprint density at radius 2 is 1.86 bits per heavy atom. The molecule has 0 saturated heterocycles. The van der Waals surface area contributed by atoms with Crippen LogP contribution in [0.3, 0.4) is 0 Å². The van der Waals surface area contributed by atoms with Gasteiger partial charge in [-0.05, 0) is 12.1 Å². The minimum atomic E-state index is 0.489. The van der Waals surface area contributed by atoms with Crippen molar-refractivity contribution in [3.8, 4) is 0 Å². The number of para-hydroxylation sites is 2. The molecule has 0 aliphatic carbocycles. The van der Waals surface area contributed by atoms with Crippen LogP contribution >= 0.6 is 0 Å². The Balaban J connectivity index is 2.64. The van der Waals surface area contributed by atoms with Crippen LogP contribution in [0.25, 0.3) is 11.0 Å². The lowest BCUT2D eigenvalue weighted by atomic mass is 10.2. The van der Waals surface area contributed by atoms with Crippen LogP contribution in [0.1, 0.15) is 5.69 Å². The number of rotatable bonds is 2. The largest absolute Gasteiger partial charge is 0.382 e. The average molecular weight is 185 g/mol. The van der Waals surface area contributed by atoms with Crippen LogP contribution in [-0.2, 0) is 6.42 Å². The second-order valence-electron chi connectivity index (χ2n) is 3.04. The first kappa shape index (κ1) is 8.69. The van der Waals surface area contributed by atoms with Gasteiger partial charge in [0, 0.05) is 6.42 Å². The molecule has 2 aromatic rings. The van der Waals surface area contributed by atoms with Gasteiger partial charge in [0.05, 0.1) is 16.7 Å². The first-order chi connectivity index (χ1) is 6.81. The van der Waals surface area contributed by atoms with Crippen molar-refractivity contribution in [1.29, 1.82) is 0 Å². The SMILES string of the molecule is C=CCc1nc2ccccc2nc1N. The van der Waals surface area contributed by atoms with Crippen LogP contribution in [0.5, 0.6) is 0 Å². The number of fused-ring (bicyclic) bond motifs is 1. The van der Waals surface area contributed by atoms with Gasteiger partial charge in [0.2, 0.25) is 0 Å². The Bertz CT molecular complexity index is 477. The van der Waals surface area contributed by atoms with E-state index in [0.717, 1.165) is 16.7 Å². The van der Waals surface area contributed by atoms with Crippen LogP contribution < -0.4 is 5.73 Å². The Morgan fingerprint density at radius 3 is 2.50 bits per heavy atom. The molecule has 3 nitrogen and oxygen atoms in total. The number of nitrogens with two attached hydrogens (primary N) is 1. The maximum Gasteiger partial charge on any atom is 0.146 e. The second kappa shape index (κ2) is 3.46. The maximum atomic E-state index is 5.75. The summed E-state index contributed by atoms with van der Waals surface area (Å²) in [7, 11) is 0. The fraction of sp³-hybridized carbons (Fsp3) is 0.0909. The summed E-state index contributed by atoms with van der Waals surface area (Å²) < 4.78 is 0. The molecule has 0 unspecified atom stereocenters. The van der Waals surface area contributed by atoms with E-state index < -0.39 is 0 Å². The molecule has 2 N–H and O–H groups in total. The van der Waals surface area contributed by atoms with Gasteiger partial charge in [0.1, 0.15) is 5.82 Å². The van der Waals surface area contributed by atoms with E-state index in [-0.39, 0.29) is 0 Å². The Labute approximate surface area is 82.3 Å². The number of hydrogen-bond donors (Lipinski definition) is 1. The van der Waals surface area contributed by atoms with Crippen molar-refractivity contribution < 1.29 is 0 Å². The summed E-state index contributed by atoms with van der Waals surface area (Å²) >= 11 is 0. The van der Waals surface area contributed by atoms with Crippen LogP contribution in [0.4, 0.5) is 5.82 Å². The van der Waals surface area contributed by atoms with Crippen LogP contribution in [0, 0.1) is 0 Å².